The third-order valence-corrected chi connectivity index (χ3v) is 6.47. The first-order valence-electron chi connectivity index (χ1n) is 10.6. The Kier molecular flexibility index (Phi) is 4.55. The minimum absolute atomic E-state index is 0.0614. The summed E-state index contributed by atoms with van der Waals surface area (Å²) in [6.45, 7) is 0.901. The molecule has 5 nitrogen and oxygen atoms in total. The van der Waals surface area contributed by atoms with E-state index in [1.165, 1.54) is 36.8 Å². The fourth-order valence-electron chi connectivity index (χ4n) is 4.99. The third-order valence-electron chi connectivity index (χ3n) is 6.47. The van der Waals surface area contributed by atoms with Gasteiger partial charge in [-0.2, -0.15) is 5.10 Å². The van der Waals surface area contributed by atoms with E-state index in [0.717, 1.165) is 60.1 Å². The van der Waals surface area contributed by atoms with Crippen molar-refractivity contribution in [2.24, 2.45) is 7.05 Å². The molecular weight excluding hydrogens is 348 g/mol. The zero-order valence-corrected chi connectivity index (χ0v) is 16.6. The summed E-state index contributed by atoms with van der Waals surface area (Å²) < 4.78 is 1.82. The minimum atomic E-state index is 0.0614. The monoisotopic (exact) mass is 376 g/mol. The molecule has 0 unspecified atom stereocenters. The van der Waals surface area contributed by atoms with Gasteiger partial charge < -0.3 is 10.3 Å². The van der Waals surface area contributed by atoms with E-state index in [0.29, 0.717) is 6.04 Å². The maximum Gasteiger partial charge on any atom is 0.253 e. The number of pyridine rings is 1. The lowest BCUT2D eigenvalue weighted by molar-refractivity contribution is 0.524. The van der Waals surface area contributed by atoms with Crippen LogP contribution >= 0.6 is 0 Å². The van der Waals surface area contributed by atoms with Crippen LogP contribution in [0.1, 0.15) is 55.2 Å². The van der Waals surface area contributed by atoms with E-state index < -0.39 is 0 Å². The van der Waals surface area contributed by atoms with Crippen molar-refractivity contribution in [3.63, 3.8) is 0 Å². The summed E-state index contributed by atoms with van der Waals surface area (Å²) in [6, 6.07) is 9.37. The molecule has 3 aromatic rings. The van der Waals surface area contributed by atoms with Gasteiger partial charge in [-0.3, -0.25) is 9.48 Å². The number of nitrogens with one attached hydrogen (secondary N) is 2. The van der Waals surface area contributed by atoms with Gasteiger partial charge in [0.2, 0.25) is 0 Å². The van der Waals surface area contributed by atoms with E-state index in [1.807, 2.05) is 11.7 Å². The largest absolute Gasteiger partial charge is 0.310 e. The summed E-state index contributed by atoms with van der Waals surface area (Å²) in [4.78, 5) is 15.6. The summed E-state index contributed by atoms with van der Waals surface area (Å²) in [5.41, 5.74) is 6.50. The van der Waals surface area contributed by atoms with E-state index in [4.69, 9.17) is 5.10 Å². The number of nitrogens with zero attached hydrogens (tertiary/aromatic N) is 2. The smallest absolute Gasteiger partial charge is 0.253 e. The molecule has 1 saturated carbocycles. The molecule has 2 aliphatic rings. The van der Waals surface area contributed by atoms with Gasteiger partial charge in [-0.1, -0.05) is 31.0 Å². The van der Waals surface area contributed by atoms with Crippen molar-refractivity contribution in [1.29, 1.82) is 0 Å². The summed E-state index contributed by atoms with van der Waals surface area (Å²) in [5, 5.41) is 9.65. The number of fused-ring (bicyclic) bond motifs is 3. The summed E-state index contributed by atoms with van der Waals surface area (Å²) in [5.74, 6) is 0. The van der Waals surface area contributed by atoms with Crippen molar-refractivity contribution in [2.75, 3.05) is 0 Å². The molecule has 5 heteroatoms. The molecule has 146 valence electrons. The highest BCUT2D eigenvalue weighted by Gasteiger charge is 2.22. The van der Waals surface area contributed by atoms with E-state index >= 15 is 0 Å². The number of aryl methyl sites for hydroxylation is 2. The highest BCUT2D eigenvalue weighted by molar-refractivity contribution is 5.94. The van der Waals surface area contributed by atoms with E-state index in [1.54, 1.807) is 0 Å². The Morgan fingerprint density at radius 2 is 1.93 bits per heavy atom. The molecule has 2 heterocycles. The maximum absolute atomic E-state index is 12.5. The molecule has 0 aliphatic heterocycles. The molecule has 1 aromatic carbocycles. The molecule has 0 saturated heterocycles. The Morgan fingerprint density at radius 3 is 2.75 bits per heavy atom. The van der Waals surface area contributed by atoms with Crippen molar-refractivity contribution in [3.8, 4) is 11.3 Å². The maximum atomic E-state index is 12.5. The Balaban J connectivity index is 1.56. The van der Waals surface area contributed by atoms with Crippen LogP contribution in [0.2, 0.25) is 0 Å². The van der Waals surface area contributed by atoms with Gasteiger partial charge in [0.05, 0.1) is 0 Å². The first-order valence-corrected chi connectivity index (χ1v) is 10.6. The fourth-order valence-corrected chi connectivity index (χ4v) is 4.99. The van der Waals surface area contributed by atoms with Gasteiger partial charge in [0, 0.05) is 36.1 Å². The molecule has 5 rings (SSSR count). The molecule has 0 radical (unpaired) electrons. The van der Waals surface area contributed by atoms with Crippen LogP contribution in [-0.4, -0.2) is 20.8 Å². The van der Waals surface area contributed by atoms with Crippen LogP contribution in [0.4, 0.5) is 0 Å². The first kappa shape index (κ1) is 17.7. The van der Waals surface area contributed by atoms with Crippen molar-refractivity contribution < 1.29 is 0 Å². The Bertz CT molecular complexity index is 1070. The number of rotatable bonds is 4. The van der Waals surface area contributed by atoms with Crippen molar-refractivity contribution >= 4 is 11.0 Å². The second-order valence-corrected chi connectivity index (χ2v) is 8.38. The molecule has 28 heavy (non-hydrogen) atoms. The Morgan fingerprint density at radius 1 is 1.14 bits per heavy atom. The zero-order chi connectivity index (χ0) is 19.1. The number of hydrogen-bond donors (Lipinski definition) is 2. The van der Waals surface area contributed by atoms with Crippen LogP contribution in [0.5, 0.6) is 0 Å². The van der Waals surface area contributed by atoms with E-state index in [2.05, 4.69) is 34.6 Å². The van der Waals surface area contributed by atoms with Crippen LogP contribution in [0.25, 0.3) is 22.3 Å². The molecule has 0 bridgehead atoms. The molecule has 0 amide bonds. The van der Waals surface area contributed by atoms with Crippen molar-refractivity contribution in [3.05, 3.63) is 51.3 Å². The van der Waals surface area contributed by atoms with Gasteiger partial charge in [0.25, 0.3) is 5.56 Å². The standard InChI is InChI=1S/C23H28N4O/c1-27-22-20(18-11-4-5-12-19(18)23(28)25-22)21(26-27)16-8-6-7-15(13-16)14-24-17-9-2-3-10-17/h6-8,13,17,24H,2-5,9-12,14H2,1H3,(H,25,28). The predicted octanol–water partition coefficient (Wildman–Crippen LogP) is 3.84. The molecule has 0 spiro atoms. The average molecular weight is 377 g/mol. The average Bonchev–Trinajstić information content (AvgIpc) is 3.35. The Labute approximate surface area is 165 Å². The van der Waals surface area contributed by atoms with Crippen molar-refractivity contribution in [2.45, 2.75) is 64.0 Å². The lowest BCUT2D eigenvalue weighted by Gasteiger charge is -2.16. The lowest BCUT2D eigenvalue weighted by atomic mass is 9.89. The quantitative estimate of drug-likeness (QED) is 0.727. The SMILES string of the molecule is Cn1nc(-c2cccc(CNC3CCCC3)c2)c2c3c(c(=O)[nH]c21)CCCC3. The van der Waals surface area contributed by atoms with Crippen LogP contribution in [0.3, 0.4) is 0 Å². The normalized spacial score (nSPS) is 17.3. The van der Waals surface area contributed by atoms with Gasteiger partial charge in [-0.25, -0.2) is 0 Å². The first-order chi connectivity index (χ1) is 13.7. The van der Waals surface area contributed by atoms with Gasteiger partial charge in [0.15, 0.2) is 0 Å². The highest BCUT2D eigenvalue weighted by atomic mass is 16.1. The molecular formula is C23H28N4O. The van der Waals surface area contributed by atoms with E-state index in [9.17, 15) is 4.79 Å². The topological polar surface area (TPSA) is 62.7 Å². The van der Waals surface area contributed by atoms with E-state index in [-0.39, 0.29) is 5.56 Å². The summed E-state index contributed by atoms with van der Waals surface area (Å²) in [7, 11) is 1.92. The molecule has 0 atom stereocenters. The Hall–Kier alpha value is -2.40. The number of aromatic nitrogens is 3. The zero-order valence-electron chi connectivity index (χ0n) is 16.6. The molecule has 2 aromatic heterocycles. The summed E-state index contributed by atoms with van der Waals surface area (Å²) in [6.07, 6.45) is 9.37. The van der Waals surface area contributed by atoms with Crippen LogP contribution in [0, 0.1) is 0 Å². The second kappa shape index (κ2) is 7.21. The van der Waals surface area contributed by atoms with Crippen molar-refractivity contribution in [1.82, 2.24) is 20.1 Å². The molecule has 2 N–H and O–H groups in total. The van der Waals surface area contributed by atoms with Crippen LogP contribution in [0.15, 0.2) is 29.1 Å². The number of aromatic amines is 1. The number of H-pyrrole nitrogens is 1. The van der Waals surface area contributed by atoms with Gasteiger partial charge >= 0.3 is 0 Å². The van der Waals surface area contributed by atoms with Crippen LogP contribution < -0.4 is 10.9 Å². The van der Waals surface area contributed by atoms with Gasteiger partial charge in [-0.15, -0.1) is 0 Å². The van der Waals surface area contributed by atoms with Crippen LogP contribution in [-0.2, 0) is 26.4 Å². The molecule has 2 aliphatic carbocycles. The number of benzene rings is 1. The fraction of sp³-hybridized carbons (Fsp3) is 0.478. The van der Waals surface area contributed by atoms with Gasteiger partial charge in [0.1, 0.15) is 11.3 Å². The third kappa shape index (κ3) is 3.08. The minimum Gasteiger partial charge on any atom is -0.310 e. The van der Waals surface area contributed by atoms with Gasteiger partial charge in [-0.05, 0) is 55.7 Å². The lowest BCUT2D eigenvalue weighted by Crippen LogP contribution is -2.25. The second-order valence-electron chi connectivity index (χ2n) is 8.38. The summed E-state index contributed by atoms with van der Waals surface area (Å²) >= 11 is 0. The predicted molar refractivity (Wildman–Crippen MR) is 113 cm³/mol. The molecule has 1 fully saturated rings. The highest BCUT2D eigenvalue weighted by Crippen LogP contribution is 2.33. The number of hydrogen-bond acceptors (Lipinski definition) is 3.